The fourth-order valence-electron chi connectivity index (χ4n) is 3.45. The van der Waals surface area contributed by atoms with Crippen LogP contribution in [0.5, 0.6) is 0 Å². The minimum absolute atomic E-state index is 0.0602. The van der Waals surface area contributed by atoms with E-state index in [-0.39, 0.29) is 11.8 Å². The third-order valence-corrected chi connectivity index (χ3v) is 4.54. The fraction of sp³-hybridized carbons (Fsp3) is 0.846. The van der Waals surface area contributed by atoms with Crippen molar-refractivity contribution in [3.05, 3.63) is 0 Å². The Kier molecular flexibility index (Phi) is 3.61. The highest BCUT2D eigenvalue weighted by atomic mass is 16.5. The summed E-state index contributed by atoms with van der Waals surface area (Å²) in [5.74, 6) is -0.686. The molecule has 5 nitrogen and oxygen atoms in total. The Balaban J connectivity index is 2.12. The molecule has 1 saturated heterocycles. The van der Waals surface area contributed by atoms with Crippen LogP contribution in [0.1, 0.15) is 32.6 Å². The standard InChI is InChI=1S/C13H21NO4/c1-3-10(18-2)11(15)14-7-9-5-4-6-13(9,8-14)12(16)17/h9-10H,3-8H2,1-2H3,(H,16,17)/t9-,10?,13+/m0/s1. The highest BCUT2D eigenvalue weighted by molar-refractivity contribution is 5.84. The lowest BCUT2D eigenvalue weighted by molar-refractivity contribution is -0.150. The lowest BCUT2D eigenvalue weighted by Gasteiger charge is -2.25. The minimum Gasteiger partial charge on any atom is -0.481 e. The van der Waals surface area contributed by atoms with Crippen molar-refractivity contribution in [2.45, 2.75) is 38.7 Å². The van der Waals surface area contributed by atoms with Gasteiger partial charge >= 0.3 is 5.97 Å². The molecule has 0 radical (unpaired) electrons. The van der Waals surface area contributed by atoms with E-state index in [1.807, 2.05) is 6.92 Å². The monoisotopic (exact) mass is 255 g/mol. The van der Waals surface area contributed by atoms with Crippen molar-refractivity contribution in [1.82, 2.24) is 4.90 Å². The molecule has 2 rings (SSSR count). The highest BCUT2D eigenvalue weighted by Crippen LogP contribution is 2.49. The molecule has 1 aliphatic heterocycles. The summed E-state index contributed by atoms with van der Waals surface area (Å²) in [5.41, 5.74) is -0.693. The first-order valence-corrected chi connectivity index (χ1v) is 6.60. The summed E-state index contributed by atoms with van der Waals surface area (Å²) in [6.45, 7) is 2.83. The number of methoxy groups -OCH3 is 1. The van der Waals surface area contributed by atoms with Crippen LogP contribution in [-0.2, 0) is 14.3 Å². The summed E-state index contributed by atoms with van der Waals surface area (Å²) in [6, 6.07) is 0. The smallest absolute Gasteiger partial charge is 0.311 e. The van der Waals surface area contributed by atoms with Gasteiger partial charge in [0.05, 0.1) is 5.41 Å². The Morgan fingerprint density at radius 1 is 1.56 bits per heavy atom. The molecular formula is C13H21NO4. The highest BCUT2D eigenvalue weighted by Gasteiger charge is 2.56. The third-order valence-electron chi connectivity index (χ3n) is 4.54. The number of carbonyl (C=O) groups excluding carboxylic acids is 1. The van der Waals surface area contributed by atoms with Crippen molar-refractivity contribution in [1.29, 1.82) is 0 Å². The molecule has 0 spiro atoms. The van der Waals surface area contributed by atoms with Crippen molar-refractivity contribution < 1.29 is 19.4 Å². The number of amides is 1. The van der Waals surface area contributed by atoms with Gasteiger partial charge in [0.15, 0.2) is 0 Å². The van der Waals surface area contributed by atoms with Crippen LogP contribution in [0.2, 0.25) is 0 Å². The molecule has 0 aromatic rings. The summed E-state index contributed by atoms with van der Waals surface area (Å²) in [4.78, 5) is 25.4. The first kappa shape index (κ1) is 13.3. The summed E-state index contributed by atoms with van der Waals surface area (Å²) < 4.78 is 5.15. The van der Waals surface area contributed by atoms with Crippen LogP contribution < -0.4 is 0 Å². The second-order valence-electron chi connectivity index (χ2n) is 5.40. The topological polar surface area (TPSA) is 66.8 Å². The number of fused-ring (bicyclic) bond motifs is 1. The zero-order valence-electron chi connectivity index (χ0n) is 11.0. The molecule has 0 aromatic carbocycles. The van der Waals surface area contributed by atoms with Crippen LogP contribution in [0.4, 0.5) is 0 Å². The number of hydrogen-bond acceptors (Lipinski definition) is 3. The van der Waals surface area contributed by atoms with Gasteiger partial charge in [-0.25, -0.2) is 0 Å². The largest absolute Gasteiger partial charge is 0.481 e. The normalized spacial score (nSPS) is 32.3. The van der Waals surface area contributed by atoms with E-state index in [9.17, 15) is 14.7 Å². The Labute approximate surface area is 107 Å². The lowest BCUT2D eigenvalue weighted by Crippen LogP contribution is -2.41. The molecule has 2 fully saturated rings. The second-order valence-corrected chi connectivity index (χ2v) is 5.40. The Hall–Kier alpha value is -1.10. The summed E-state index contributed by atoms with van der Waals surface area (Å²) in [7, 11) is 1.52. The molecule has 1 N–H and O–H groups in total. The van der Waals surface area contributed by atoms with E-state index in [1.165, 1.54) is 7.11 Å². The predicted octanol–water partition coefficient (Wildman–Crippen LogP) is 1.12. The Morgan fingerprint density at radius 2 is 2.28 bits per heavy atom. The predicted molar refractivity (Wildman–Crippen MR) is 65.1 cm³/mol. The van der Waals surface area contributed by atoms with Crippen molar-refractivity contribution in [3.8, 4) is 0 Å². The molecule has 3 atom stereocenters. The van der Waals surface area contributed by atoms with E-state index in [1.54, 1.807) is 4.90 Å². The number of nitrogens with zero attached hydrogens (tertiary/aromatic N) is 1. The van der Waals surface area contributed by atoms with Gasteiger partial charge in [-0.15, -0.1) is 0 Å². The molecule has 2 aliphatic rings. The summed E-state index contributed by atoms with van der Waals surface area (Å²) >= 11 is 0. The van der Waals surface area contributed by atoms with Crippen molar-refractivity contribution >= 4 is 11.9 Å². The molecule has 1 aliphatic carbocycles. The van der Waals surface area contributed by atoms with Crippen LogP contribution in [0.25, 0.3) is 0 Å². The van der Waals surface area contributed by atoms with Gasteiger partial charge in [0.2, 0.25) is 0 Å². The number of likely N-dealkylation sites (tertiary alicyclic amines) is 1. The van der Waals surface area contributed by atoms with E-state index < -0.39 is 17.5 Å². The molecule has 1 unspecified atom stereocenters. The van der Waals surface area contributed by atoms with Crippen LogP contribution in [-0.4, -0.2) is 48.2 Å². The first-order chi connectivity index (χ1) is 8.55. The molecular weight excluding hydrogens is 234 g/mol. The average Bonchev–Trinajstić information content (AvgIpc) is 2.87. The Morgan fingerprint density at radius 3 is 2.78 bits per heavy atom. The number of ether oxygens (including phenoxy) is 1. The number of carboxylic acids is 1. The molecule has 1 amide bonds. The molecule has 1 saturated carbocycles. The van der Waals surface area contributed by atoms with E-state index in [0.29, 0.717) is 25.9 Å². The maximum Gasteiger partial charge on any atom is 0.311 e. The molecule has 0 bridgehead atoms. The number of aliphatic carboxylic acids is 1. The number of carboxylic acid groups (broad SMARTS) is 1. The lowest BCUT2D eigenvalue weighted by atomic mass is 9.81. The summed E-state index contributed by atoms with van der Waals surface area (Å²) in [6.07, 6.45) is 2.76. The molecule has 5 heteroatoms. The summed E-state index contributed by atoms with van der Waals surface area (Å²) in [5, 5.41) is 9.46. The Bertz CT molecular complexity index is 353. The number of rotatable bonds is 4. The number of hydrogen-bond donors (Lipinski definition) is 1. The zero-order chi connectivity index (χ0) is 13.3. The second kappa shape index (κ2) is 4.88. The average molecular weight is 255 g/mol. The van der Waals surface area contributed by atoms with Gasteiger partial charge in [0.25, 0.3) is 5.91 Å². The van der Waals surface area contributed by atoms with Crippen LogP contribution >= 0.6 is 0 Å². The van der Waals surface area contributed by atoms with E-state index in [0.717, 1.165) is 12.8 Å². The fourth-order valence-corrected chi connectivity index (χ4v) is 3.45. The quantitative estimate of drug-likeness (QED) is 0.817. The van der Waals surface area contributed by atoms with Gasteiger partial charge in [0.1, 0.15) is 6.10 Å². The minimum atomic E-state index is -0.745. The van der Waals surface area contributed by atoms with Crippen LogP contribution in [0.15, 0.2) is 0 Å². The zero-order valence-corrected chi connectivity index (χ0v) is 11.0. The SMILES string of the molecule is CCC(OC)C(=O)N1C[C@@H]2CCC[C@@]2(C(=O)O)C1. The van der Waals surface area contributed by atoms with E-state index in [2.05, 4.69) is 0 Å². The molecule has 0 aromatic heterocycles. The van der Waals surface area contributed by atoms with Crippen LogP contribution in [0.3, 0.4) is 0 Å². The molecule has 102 valence electrons. The maximum absolute atomic E-state index is 12.2. The van der Waals surface area contributed by atoms with Gasteiger partial charge in [-0.3, -0.25) is 9.59 Å². The van der Waals surface area contributed by atoms with Crippen LogP contribution in [0, 0.1) is 11.3 Å². The van der Waals surface area contributed by atoms with Gasteiger partial charge < -0.3 is 14.7 Å². The maximum atomic E-state index is 12.2. The first-order valence-electron chi connectivity index (χ1n) is 6.60. The van der Waals surface area contributed by atoms with E-state index >= 15 is 0 Å². The van der Waals surface area contributed by atoms with E-state index in [4.69, 9.17) is 4.74 Å². The van der Waals surface area contributed by atoms with Crippen molar-refractivity contribution in [3.63, 3.8) is 0 Å². The number of carbonyl (C=O) groups is 2. The van der Waals surface area contributed by atoms with Crippen molar-refractivity contribution in [2.24, 2.45) is 11.3 Å². The molecule has 18 heavy (non-hydrogen) atoms. The van der Waals surface area contributed by atoms with Crippen molar-refractivity contribution in [2.75, 3.05) is 20.2 Å². The van der Waals surface area contributed by atoms with Gasteiger partial charge in [-0.2, -0.15) is 0 Å². The van der Waals surface area contributed by atoms with Gasteiger partial charge in [0, 0.05) is 20.2 Å². The molecule has 1 heterocycles. The van der Waals surface area contributed by atoms with Gasteiger partial charge in [-0.1, -0.05) is 13.3 Å². The third kappa shape index (κ3) is 1.90. The van der Waals surface area contributed by atoms with Gasteiger partial charge in [-0.05, 0) is 25.2 Å².